The third kappa shape index (κ3) is 4.83. The van der Waals surface area contributed by atoms with E-state index in [1.807, 2.05) is 51.1 Å². The van der Waals surface area contributed by atoms with Gasteiger partial charge in [0.25, 0.3) is 0 Å². The van der Waals surface area contributed by atoms with E-state index in [1.54, 1.807) is 0 Å². The Morgan fingerprint density at radius 2 is 1.83 bits per heavy atom. The van der Waals surface area contributed by atoms with Gasteiger partial charge in [0.2, 0.25) is 0 Å². The first kappa shape index (κ1) is 21.4. The number of ether oxygens (including phenoxy) is 2. The first-order chi connectivity index (χ1) is 13.7. The monoisotopic (exact) mass is 439 g/mol. The average molecular weight is 440 g/mol. The second-order valence-electron chi connectivity index (χ2n) is 7.40. The van der Waals surface area contributed by atoms with E-state index >= 15 is 0 Å². The Morgan fingerprint density at radius 3 is 2.45 bits per heavy atom. The highest BCUT2D eigenvalue weighted by atomic mass is 35.5. The van der Waals surface area contributed by atoms with Crippen LogP contribution in [0.4, 0.5) is 4.39 Å². The summed E-state index contributed by atoms with van der Waals surface area (Å²) in [6.45, 7) is 5.73. The quantitative estimate of drug-likeness (QED) is 0.363. The summed E-state index contributed by atoms with van der Waals surface area (Å²) in [5, 5.41) is 0.0354. The number of hydrogen-bond acceptors (Lipinski definition) is 4. The molecule has 1 heterocycles. The van der Waals surface area contributed by atoms with Crippen LogP contribution < -0.4 is 10.5 Å². The Kier molecular flexibility index (Phi) is 6.36. The highest BCUT2D eigenvalue weighted by Gasteiger charge is 2.28. The fourth-order valence-corrected chi connectivity index (χ4v) is 3.35. The Balaban J connectivity index is 1.83. The van der Waals surface area contributed by atoms with E-state index in [0.29, 0.717) is 6.61 Å². The van der Waals surface area contributed by atoms with Gasteiger partial charge in [-0.05, 0) is 11.6 Å². The van der Waals surface area contributed by atoms with Gasteiger partial charge < -0.3 is 13.9 Å². The summed E-state index contributed by atoms with van der Waals surface area (Å²) in [5.74, 6) is -1.13. The molecule has 29 heavy (non-hydrogen) atoms. The molecule has 0 saturated heterocycles. The average Bonchev–Trinajstić information content (AvgIpc) is 2.96. The topological polar surface area (TPSA) is 53.6 Å². The Hall–Kier alpha value is -2.28. The van der Waals surface area contributed by atoms with Gasteiger partial charge in [-0.15, -0.1) is 0 Å². The summed E-state index contributed by atoms with van der Waals surface area (Å²) in [7, 11) is 0. The molecule has 0 N–H and O–H groups in total. The normalized spacial score (nSPS) is 11.7. The number of benzene rings is 2. The molecule has 0 fully saturated rings. The summed E-state index contributed by atoms with van der Waals surface area (Å²) < 4.78 is 31.7. The van der Waals surface area contributed by atoms with Crippen molar-refractivity contribution in [1.29, 1.82) is 0 Å². The Bertz CT molecular complexity index is 1060. The maximum Gasteiger partial charge on any atom is 0.425 e. The second kappa shape index (κ2) is 8.61. The van der Waals surface area contributed by atoms with Crippen molar-refractivity contribution >= 4 is 23.2 Å². The third-order valence-corrected chi connectivity index (χ3v) is 4.72. The van der Waals surface area contributed by atoms with Crippen molar-refractivity contribution in [3.63, 3.8) is 0 Å². The van der Waals surface area contributed by atoms with E-state index in [4.69, 9.17) is 37.1 Å². The summed E-state index contributed by atoms with van der Waals surface area (Å²) in [5.41, 5.74) is 0.324. The van der Waals surface area contributed by atoms with Gasteiger partial charge in [0.15, 0.2) is 17.7 Å². The van der Waals surface area contributed by atoms with Crippen molar-refractivity contribution in [2.24, 2.45) is 0 Å². The maximum atomic E-state index is 14.6. The molecule has 1 aromatic heterocycles. The smallest absolute Gasteiger partial charge is 0.425 e. The lowest BCUT2D eigenvalue weighted by Gasteiger charge is -2.15. The predicted molar refractivity (Wildman–Crippen MR) is 110 cm³/mol. The minimum absolute atomic E-state index is 0.00463. The zero-order valence-corrected chi connectivity index (χ0v) is 17.7. The molecule has 154 valence electrons. The lowest BCUT2D eigenvalue weighted by Crippen LogP contribution is -2.14. The molecule has 0 unspecified atom stereocenters. The number of oxazole rings is 1. The van der Waals surface area contributed by atoms with Crippen LogP contribution in [0.25, 0.3) is 5.69 Å². The molecule has 0 bridgehead atoms. The summed E-state index contributed by atoms with van der Waals surface area (Å²) in [6.07, 6.45) is 0. The molecule has 8 heteroatoms. The van der Waals surface area contributed by atoms with E-state index in [1.165, 1.54) is 6.07 Å². The van der Waals surface area contributed by atoms with Crippen LogP contribution in [0.2, 0.25) is 10.2 Å². The molecule has 0 aliphatic heterocycles. The van der Waals surface area contributed by atoms with Crippen LogP contribution in [0.1, 0.15) is 32.1 Å². The number of aromatic nitrogens is 1. The lowest BCUT2D eigenvalue weighted by molar-refractivity contribution is 0.00506. The molecule has 3 aromatic rings. The van der Waals surface area contributed by atoms with Crippen molar-refractivity contribution in [3.8, 4) is 11.4 Å². The largest absolute Gasteiger partial charge is 0.466 e. The predicted octanol–water partition coefficient (Wildman–Crippen LogP) is 5.73. The van der Waals surface area contributed by atoms with Crippen molar-refractivity contribution in [1.82, 2.24) is 4.57 Å². The highest BCUT2D eigenvalue weighted by molar-refractivity contribution is 6.32. The third-order valence-electron chi connectivity index (χ3n) is 4.09. The van der Waals surface area contributed by atoms with Crippen LogP contribution in [-0.2, 0) is 16.8 Å². The molecule has 0 aliphatic carbocycles. The Morgan fingerprint density at radius 1 is 1.14 bits per heavy atom. The summed E-state index contributed by atoms with van der Waals surface area (Å²) >= 11 is 12.4. The summed E-state index contributed by atoms with van der Waals surface area (Å²) in [4.78, 5) is 12.3. The molecule has 0 saturated carbocycles. The SMILES string of the molecule is CC(C)(C)c1oc(=O)n(-c2cc(OCOCc3ccccc3)c(Cl)cc2F)c1Cl. The van der Waals surface area contributed by atoms with Crippen LogP contribution in [0.15, 0.2) is 51.7 Å². The van der Waals surface area contributed by atoms with Gasteiger partial charge in [0.05, 0.1) is 17.3 Å². The van der Waals surface area contributed by atoms with Crippen LogP contribution in [0.3, 0.4) is 0 Å². The van der Waals surface area contributed by atoms with Gasteiger partial charge in [-0.25, -0.2) is 13.8 Å². The molecule has 0 aliphatic rings. The molecule has 0 amide bonds. The summed E-state index contributed by atoms with van der Waals surface area (Å²) in [6, 6.07) is 11.9. The maximum absolute atomic E-state index is 14.6. The minimum Gasteiger partial charge on any atom is -0.466 e. The zero-order chi connectivity index (χ0) is 21.2. The van der Waals surface area contributed by atoms with Gasteiger partial charge in [0, 0.05) is 11.5 Å². The first-order valence-corrected chi connectivity index (χ1v) is 9.60. The van der Waals surface area contributed by atoms with Crippen LogP contribution >= 0.6 is 23.2 Å². The number of hydrogen-bond donors (Lipinski definition) is 0. The fourth-order valence-electron chi connectivity index (χ4n) is 2.66. The van der Waals surface area contributed by atoms with E-state index < -0.39 is 17.0 Å². The Labute approximate surface area is 177 Å². The number of halogens is 3. The first-order valence-electron chi connectivity index (χ1n) is 8.84. The molecule has 2 aromatic carbocycles. The molecular weight excluding hydrogens is 420 g/mol. The lowest BCUT2D eigenvalue weighted by atomic mass is 9.94. The van der Waals surface area contributed by atoms with Crippen LogP contribution in [-0.4, -0.2) is 11.4 Å². The zero-order valence-electron chi connectivity index (χ0n) is 16.2. The van der Waals surface area contributed by atoms with E-state index in [2.05, 4.69) is 0 Å². The molecule has 5 nitrogen and oxygen atoms in total. The molecule has 0 atom stereocenters. The van der Waals surface area contributed by atoms with Gasteiger partial charge in [0.1, 0.15) is 11.6 Å². The molecule has 3 rings (SSSR count). The minimum atomic E-state index is -0.799. The standard InChI is InChI=1S/C21H20Cl2FNO4/c1-21(2,3)18-19(23)25(20(26)29-18)16-10-17(14(22)9-15(16)24)28-12-27-11-13-7-5-4-6-8-13/h4-10H,11-12H2,1-3H3. The highest BCUT2D eigenvalue weighted by Crippen LogP contribution is 2.34. The van der Waals surface area contributed by atoms with Gasteiger partial charge in [-0.3, -0.25) is 0 Å². The molecular formula is C21H20Cl2FNO4. The molecule has 0 radical (unpaired) electrons. The van der Waals surface area contributed by atoms with Crippen molar-refractivity contribution in [3.05, 3.63) is 80.3 Å². The van der Waals surface area contributed by atoms with Crippen LogP contribution in [0.5, 0.6) is 5.75 Å². The number of rotatable bonds is 6. The van der Waals surface area contributed by atoms with Gasteiger partial charge in [-0.1, -0.05) is 74.3 Å². The van der Waals surface area contributed by atoms with E-state index in [0.717, 1.165) is 16.2 Å². The fraction of sp³-hybridized carbons (Fsp3) is 0.286. The van der Waals surface area contributed by atoms with Crippen molar-refractivity contribution in [2.75, 3.05) is 6.79 Å². The second-order valence-corrected chi connectivity index (χ2v) is 8.17. The number of nitrogens with zero attached hydrogens (tertiary/aromatic N) is 1. The van der Waals surface area contributed by atoms with E-state index in [9.17, 15) is 9.18 Å². The van der Waals surface area contributed by atoms with E-state index in [-0.39, 0.29) is 34.2 Å². The van der Waals surface area contributed by atoms with Crippen molar-refractivity contribution < 1.29 is 18.3 Å². The van der Waals surface area contributed by atoms with Crippen molar-refractivity contribution in [2.45, 2.75) is 32.8 Å². The van der Waals surface area contributed by atoms with Gasteiger partial charge >= 0.3 is 5.76 Å². The molecule has 0 spiro atoms. The van der Waals surface area contributed by atoms with Gasteiger partial charge in [-0.2, -0.15) is 0 Å². The van der Waals surface area contributed by atoms with Crippen LogP contribution in [0, 0.1) is 5.82 Å².